The molecule has 0 bridgehead atoms. The molecular formula is C17H20N2O4S. The van der Waals surface area contributed by atoms with Gasteiger partial charge in [-0.2, -0.15) is 0 Å². The van der Waals surface area contributed by atoms with Crippen molar-refractivity contribution in [2.24, 2.45) is 5.92 Å². The van der Waals surface area contributed by atoms with Crippen LogP contribution in [-0.2, 0) is 22.6 Å². The van der Waals surface area contributed by atoms with Crippen molar-refractivity contribution in [1.82, 2.24) is 10.3 Å². The van der Waals surface area contributed by atoms with Crippen LogP contribution in [0.25, 0.3) is 0 Å². The molecule has 1 aromatic carbocycles. The molecule has 2 aromatic rings. The Balaban J connectivity index is 1.95. The van der Waals surface area contributed by atoms with E-state index in [-0.39, 0.29) is 18.1 Å². The number of carbonyl (C=O) groups excluding carboxylic acids is 1. The molecule has 0 radical (unpaired) electrons. The lowest BCUT2D eigenvalue weighted by Crippen LogP contribution is -2.34. The summed E-state index contributed by atoms with van der Waals surface area (Å²) in [6, 6.07) is 7.70. The zero-order valence-electron chi connectivity index (χ0n) is 13.6. The van der Waals surface area contributed by atoms with Gasteiger partial charge in [-0.05, 0) is 18.9 Å². The first kappa shape index (κ1) is 18.1. The number of nitrogens with one attached hydrogen (secondary N) is 1. The van der Waals surface area contributed by atoms with Crippen molar-refractivity contribution >= 4 is 23.2 Å². The largest absolute Gasteiger partial charge is 0.481 e. The molecule has 128 valence electrons. The average molecular weight is 348 g/mol. The molecule has 2 rings (SSSR count). The minimum Gasteiger partial charge on any atom is -0.481 e. The first-order valence-electron chi connectivity index (χ1n) is 7.49. The molecule has 24 heavy (non-hydrogen) atoms. The number of benzene rings is 1. The van der Waals surface area contributed by atoms with Crippen LogP contribution in [0, 0.1) is 12.8 Å². The van der Waals surface area contributed by atoms with Crippen molar-refractivity contribution in [3.8, 4) is 0 Å². The number of nitrogens with zero attached hydrogens (tertiary/aromatic N) is 1. The highest BCUT2D eigenvalue weighted by atomic mass is 32.1. The van der Waals surface area contributed by atoms with Gasteiger partial charge >= 0.3 is 5.97 Å². The van der Waals surface area contributed by atoms with Crippen LogP contribution >= 0.6 is 11.3 Å². The molecule has 1 aromatic heterocycles. The van der Waals surface area contributed by atoms with E-state index in [0.717, 1.165) is 11.1 Å². The fraction of sp³-hybridized carbons (Fsp3) is 0.353. The number of rotatable bonds is 8. The Morgan fingerprint density at radius 2 is 2.21 bits per heavy atom. The van der Waals surface area contributed by atoms with Gasteiger partial charge in [0.05, 0.1) is 12.5 Å². The van der Waals surface area contributed by atoms with Crippen molar-refractivity contribution in [2.45, 2.75) is 20.0 Å². The summed E-state index contributed by atoms with van der Waals surface area (Å²) < 4.78 is 4.97. The van der Waals surface area contributed by atoms with Crippen molar-refractivity contribution < 1.29 is 19.4 Å². The van der Waals surface area contributed by atoms with Gasteiger partial charge in [-0.3, -0.25) is 9.59 Å². The minimum absolute atomic E-state index is 0.0548. The van der Waals surface area contributed by atoms with Gasteiger partial charge in [0.15, 0.2) is 0 Å². The van der Waals surface area contributed by atoms with Crippen molar-refractivity contribution in [1.29, 1.82) is 0 Å². The van der Waals surface area contributed by atoms with Crippen molar-refractivity contribution in [3.63, 3.8) is 0 Å². The van der Waals surface area contributed by atoms with E-state index in [1.807, 2.05) is 31.2 Å². The first-order valence-corrected chi connectivity index (χ1v) is 8.37. The van der Waals surface area contributed by atoms with Gasteiger partial charge in [-0.1, -0.05) is 29.8 Å². The second-order valence-corrected chi connectivity index (χ2v) is 6.44. The van der Waals surface area contributed by atoms with E-state index < -0.39 is 11.9 Å². The number of aliphatic carboxylic acids is 1. The number of ether oxygens (including phenoxy) is 1. The molecule has 1 atom stereocenters. The third-order valence-electron chi connectivity index (χ3n) is 3.48. The highest BCUT2D eigenvalue weighted by Gasteiger charge is 2.20. The molecule has 2 N–H and O–H groups in total. The summed E-state index contributed by atoms with van der Waals surface area (Å²) in [5.41, 5.74) is 2.30. The van der Waals surface area contributed by atoms with Crippen LogP contribution in [-0.4, -0.2) is 35.6 Å². The monoisotopic (exact) mass is 348 g/mol. The molecule has 0 fully saturated rings. The van der Waals surface area contributed by atoms with E-state index in [9.17, 15) is 14.7 Å². The highest BCUT2D eigenvalue weighted by Crippen LogP contribution is 2.13. The van der Waals surface area contributed by atoms with Gasteiger partial charge in [0.25, 0.3) is 5.91 Å². The third kappa shape index (κ3) is 5.14. The lowest BCUT2D eigenvalue weighted by Gasteiger charge is -2.13. The summed E-state index contributed by atoms with van der Waals surface area (Å²) >= 11 is 1.33. The van der Waals surface area contributed by atoms with E-state index in [0.29, 0.717) is 18.0 Å². The molecule has 0 aliphatic rings. The zero-order chi connectivity index (χ0) is 17.5. The van der Waals surface area contributed by atoms with Crippen molar-refractivity contribution in [3.05, 3.63) is 51.5 Å². The Kier molecular flexibility index (Phi) is 6.45. The lowest BCUT2D eigenvalue weighted by atomic mass is 9.98. The van der Waals surface area contributed by atoms with Gasteiger partial charge in [0, 0.05) is 19.0 Å². The molecular weight excluding hydrogens is 328 g/mol. The summed E-state index contributed by atoms with van der Waals surface area (Å²) in [5.74, 6) is -1.99. The highest BCUT2D eigenvalue weighted by molar-refractivity contribution is 7.09. The fourth-order valence-electron chi connectivity index (χ4n) is 2.28. The topological polar surface area (TPSA) is 88.5 Å². The number of carboxylic acids is 1. The normalized spacial score (nSPS) is 11.9. The molecule has 1 amide bonds. The second kappa shape index (κ2) is 8.56. The van der Waals surface area contributed by atoms with Gasteiger partial charge < -0.3 is 15.2 Å². The van der Waals surface area contributed by atoms with Gasteiger partial charge in [0.1, 0.15) is 10.7 Å². The van der Waals surface area contributed by atoms with Crippen LogP contribution in [0.15, 0.2) is 29.6 Å². The number of carbonyl (C=O) groups is 2. The Morgan fingerprint density at radius 1 is 1.42 bits per heavy atom. The molecule has 7 heteroatoms. The summed E-state index contributed by atoms with van der Waals surface area (Å²) in [4.78, 5) is 27.7. The van der Waals surface area contributed by atoms with Crippen molar-refractivity contribution in [2.75, 3.05) is 13.7 Å². The van der Waals surface area contributed by atoms with Gasteiger partial charge in [-0.15, -0.1) is 11.3 Å². The molecule has 0 aliphatic carbocycles. The number of hydrogen-bond acceptors (Lipinski definition) is 5. The van der Waals surface area contributed by atoms with E-state index >= 15 is 0 Å². The molecule has 1 heterocycles. The number of amides is 1. The number of aromatic nitrogens is 1. The van der Waals surface area contributed by atoms with E-state index in [1.54, 1.807) is 12.5 Å². The third-order valence-corrected chi connectivity index (χ3v) is 4.30. The van der Waals surface area contributed by atoms with Crippen LogP contribution in [0.1, 0.15) is 26.6 Å². The Labute approximate surface area is 144 Å². The average Bonchev–Trinajstić information content (AvgIpc) is 3.00. The SMILES string of the molecule is COCc1nc(C(=O)NCC(Cc2cccc(C)c2)C(=O)O)cs1. The van der Waals surface area contributed by atoms with Crippen LogP contribution < -0.4 is 5.32 Å². The molecule has 0 saturated carbocycles. The molecule has 1 unspecified atom stereocenters. The number of aryl methyl sites for hydroxylation is 1. The first-order chi connectivity index (χ1) is 11.5. The van der Waals surface area contributed by atoms with Gasteiger partial charge in [0.2, 0.25) is 0 Å². The van der Waals surface area contributed by atoms with Crippen LogP contribution in [0.3, 0.4) is 0 Å². The smallest absolute Gasteiger partial charge is 0.308 e. The molecule has 0 spiro atoms. The van der Waals surface area contributed by atoms with Gasteiger partial charge in [-0.25, -0.2) is 4.98 Å². The summed E-state index contributed by atoms with van der Waals surface area (Å²) in [7, 11) is 1.56. The Morgan fingerprint density at radius 3 is 2.88 bits per heavy atom. The predicted octanol–water partition coefficient (Wildman–Crippen LogP) is 2.27. The molecule has 0 saturated heterocycles. The summed E-state index contributed by atoms with van der Waals surface area (Å²) in [5, 5.41) is 14.4. The summed E-state index contributed by atoms with van der Waals surface area (Å²) in [6.07, 6.45) is 0.364. The van der Waals surface area contributed by atoms with E-state index in [1.165, 1.54) is 11.3 Å². The zero-order valence-corrected chi connectivity index (χ0v) is 14.4. The predicted molar refractivity (Wildman–Crippen MR) is 91.2 cm³/mol. The Bertz CT molecular complexity index is 714. The summed E-state index contributed by atoms with van der Waals surface area (Å²) in [6.45, 7) is 2.36. The van der Waals surface area contributed by atoms with Crippen LogP contribution in [0.2, 0.25) is 0 Å². The maximum absolute atomic E-state index is 12.1. The second-order valence-electron chi connectivity index (χ2n) is 5.50. The standard InChI is InChI=1S/C17H20N2O4S/c1-11-4-3-5-12(6-11)7-13(17(21)22)8-18-16(20)14-10-24-15(19-14)9-23-2/h3-6,10,13H,7-9H2,1-2H3,(H,18,20)(H,21,22). The van der Waals surface area contributed by atoms with E-state index in [4.69, 9.17) is 4.74 Å². The molecule has 0 aliphatic heterocycles. The minimum atomic E-state index is -0.935. The van der Waals surface area contributed by atoms with Crippen LogP contribution in [0.5, 0.6) is 0 Å². The van der Waals surface area contributed by atoms with E-state index in [2.05, 4.69) is 10.3 Å². The number of methoxy groups -OCH3 is 1. The number of carboxylic acid groups (broad SMARTS) is 1. The lowest BCUT2D eigenvalue weighted by molar-refractivity contribution is -0.141. The maximum Gasteiger partial charge on any atom is 0.308 e. The maximum atomic E-state index is 12.1. The quantitative estimate of drug-likeness (QED) is 0.764. The fourth-order valence-corrected chi connectivity index (χ4v) is 3.03. The molecule has 6 nitrogen and oxygen atoms in total. The Hall–Kier alpha value is -2.25. The number of thiazole rings is 1. The van der Waals surface area contributed by atoms with Crippen LogP contribution in [0.4, 0.5) is 0 Å². The number of hydrogen-bond donors (Lipinski definition) is 2.